The monoisotopic (exact) mass is 318 g/mol. The number of carbonyl (C=O) groups excluding carboxylic acids is 1. The molecule has 0 saturated heterocycles. The van der Waals surface area contributed by atoms with Crippen LogP contribution in [0.1, 0.15) is 36.6 Å². The Balaban J connectivity index is 1.97. The van der Waals surface area contributed by atoms with Gasteiger partial charge in [0.2, 0.25) is 0 Å². The lowest BCUT2D eigenvalue weighted by molar-refractivity contribution is 0.0898. The van der Waals surface area contributed by atoms with E-state index in [9.17, 15) is 9.59 Å². The quantitative estimate of drug-likeness (QED) is 0.812. The van der Waals surface area contributed by atoms with Gasteiger partial charge in [-0.25, -0.2) is 0 Å². The summed E-state index contributed by atoms with van der Waals surface area (Å²) in [7, 11) is 0. The van der Waals surface area contributed by atoms with E-state index in [0.29, 0.717) is 18.7 Å². The first-order valence-electron chi connectivity index (χ1n) is 7.54. The van der Waals surface area contributed by atoms with Crippen molar-refractivity contribution in [3.8, 4) is 0 Å². The number of hydrogen-bond acceptors (Lipinski definition) is 4. The molecule has 0 aliphatic rings. The van der Waals surface area contributed by atoms with Crippen molar-refractivity contribution in [2.45, 2.75) is 26.8 Å². The first-order valence-corrected chi connectivity index (χ1v) is 7.54. The van der Waals surface area contributed by atoms with Crippen LogP contribution in [0.5, 0.6) is 0 Å². The van der Waals surface area contributed by atoms with Crippen LogP contribution in [-0.2, 0) is 6.54 Å². The van der Waals surface area contributed by atoms with Crippen LogP contribution in [0.15, 0.2) is 45.7 Å². The SMILES string of the molecule is CC(C)(CCO)CNC(=O)c1ccc(Cn2ccccc2=O)o1. The van der Waals surface area contributed by atoms with Gasteiger partial charge >= 0.3 is 0 Å². The Labute approximate surface area is 134 Å². The third kappa shape index (κ3) is 4.82. The zero-order valence-corrected chi connectivity index (χ0v) is 13.4. The highest BCUT2D eigenvalue weighted by Crippen LogP contribution is 2.18. The molecule has 0 atom stereocenters. The number of aliphatic hydroxyl groups excluding tert-OH is 1. The summed E-state index contributed by atoms with van der Waals surface area (Å²) < 4.78 is 7.01. The molecule has 124 valence electrons. The molecule has 0 saturated carbocycles. The van der Waals surface area contributed by atoms with Gasteiger partial charge in [-0.2, -0.15) is 0 Å². The van der Waals surface area contributed by atoms with Crippen molar-refractivity contribution in [2.24, 2.45) is 5.41 Å². The highest BCUT2D eigenvalue weighted by molar-refractivity contribution is 5.91. The van der Waals surface area contributed by atoms with Crippen LogP contribution in [0.25, 0.3) is 0 Å². The number of carbonyl (C=O) groups is 1. The summed E-state index contributed by atoms with van der Waals surface area (Å²) in [5, 5.41) is 11.8. The lowest BCUT2D eigenvalue weighted by Gasteiger charge is -2.23. The summed E-state index contributed by atoms with van der Waals surface area (Å²) in [5.74, 6) is 0.449. The number of aliphatic hydroxyl groups is 1. The molecule has 6 heteroatoms. The third-order valence-corrected chi connectivity index (χ3v) is 3.63. The van der Waals surface area contributed by atoms with E-state index in [-0.39, 0.29) is 35.8 Å². The Morgan fingerprint density at radius 1 is 1.30 bits per heavy atom. The van der Waals surface area contributed by atoms with Gasteiger partial charge in [-0.05, 0) is 30.0 Å². The number of nitrogens with one attached hydrogen (secondary N) is 1. The van der Waals surface area contributed by atoms with Gasteiger partial charge in [0.15, 0.2) is 5.76 Å². The second-order valence-electron chi connectivity index (χ2n) is 6.25. The number of rotatable bonds is 7. The maximum Gasteiger partial charge on any atom is 0.287 e. The minimum Gasteiger partial charge on any atom is -0.454 e. The van der Waals surface area contributed by atoms with Gasteiger partial charge in [0.1, 0.15) is 5.76 Å². The highest BCUT2D eigenvalue weighted by Gasteiger charge is 2.20. The van der Waals surface area contributed by atoms with Gasteiger partial charge in [-0.3, -0.25) is 9.59 Å². The number of pyridine rings is 1. The molecule has 2 rings (SSSR count). The first kappa shape index (κ1) is 17.0. The van der Waals surface area contributed by atoms with Gasteiger partial charge < -0.3 is 19.4 Å². The van der Waals surface area contributed by atoms with Gasteiger partial charge in [-0.1, -0.05) is 19.9 Å². The molecule has 2 aromatic rings. The van der Waals surface area contributed by atoms with Gasteiger partial charge in [-0.15, -0.1) is 0 Å². The molecule has 23 heavy (non-hydrogen) atoms. The summed E-state index contributed by atoms with van der Waals surface area (Å²) in [5.41, 5.74) is -0.308. The zero-order valence-electron chi connectivity index (χ0n) is 13.4. The van der Waals surface area contributed by atoms with E-state index in [1.807, 2.05) is 13.8 Å². The molecule has 2 aromatic heterocycles. The van der Waals surface area contributed by atoms with E-state index in [4.69, 9.17) is 9.52 Å². The molecule has 0 aliphatic heterocycles. The van der Waals surface area contributed by atoms with E-state index in [0.717, 1.165) is 0 Å². The molecule has 2 N–H and O–H groups in total. The predicted octanol–water partition coefficient (Wildman–Crippen LogP) is 1.63. The lowest BCUT2D eigenvalue weighted by atomic mass is 9.90. The number of nitrogens with zero attached hydrogens (tertiary/aromatic N) is 1. The lowest BCUT2D eigenvalue weighted by Crippen LogP contribution is -2.34. The Kier molecular flexibility index (Phi) is 5.39. The van der Waals surface area contributed by atoms with E-state index in [1.54, 1.807) is 30.5 Å². The van der Waals surface area contributed by atoms with Crippen LogP contribution in [0, 0.1) is 5.41 Å². The van der Waals surface area contributed by atoms with Crippen LogP contribution in [0.2, 0.25) is 0 Å². The molecule has 1 amide bonds. The van der Waals surface area contributed by atoms with Crippen LogP contribution in [0.4, 0.5) is 0 Å². The van der Waals surface area contributed by atoms with Crippen molar-refractivity contribution < 1.29 is 14.3 Å². The number of aromatic nitrogens is 1. The Morgan fingerprint density at radius 2 is 2.09 bits per heavy atom. The smallest absolute Gasteiger partial charge is 0.287 e. The van der Waals surface area contributed by atoms with E-state index < -0.39 is 0 Å². The molecular weight excluding hydrogens is 296 g/mol. The predicted molar refractivity (Wildman–Crippen MR) is 86.3 cm³/mol. The maximum absolute atomic E-state index is 12.1. The second-order valence-corrected chi connectivity index (χ2v) is 6.25. The largest absolute Gasteiger partial charge is 0.454 e. The summed E-state index contributed by atoms with van der Waals surface area (Å²) >= 11 is 0. The topological polar surface area (TPSA) is 84.5 Å². The minimum atomic E-state index is -0.303. The fraction of sp³-hybridized carbons (Fsp3) is 0.412. The first-order chi connectivity index (χ1) is 10.9. The Bertz CT molecular complexity index is 715. The maximum atomic E-state index is 12.1. The van der Waals surface area contributed by atoms with Gasteiger partial charge in [0.05, 0.1) is 6.54 Å². The average molecular weight is 318 g/mol. The molecule has 0 spiro atoms. The van der Waals surface area contributed by atoms with Crippen molar-refractivity contribution in [3.05, 3.63) is 58.4 Å². The number of furan rings is 1. The van der Waals surface area contributed by atoms with E-state index in [1.165, 1.54) is 10.6 Å². The molecule has 0 fully saturated rings. The van der Waals surface area contributed by atoms with E-state index in [2.05, 4.69) is 5.32 Å². The molecule has 6 nitrogen and oxygen atoms in total. The van der Waals surface area contributed by atoms with Crippen molar-refractivity contribution in [1.29, 1.82) is 0 Å². The Morgan fingerprint density at radius 3 is 2.78 bits per heavy atom. The number of amides is 1. The highest BCUT2D eigenvalue weighted by atomic mass is 16.4. The van der Waals surface area contributed by atoms with Gasteiger partial charge in [0.25, 0.3) is 11.5 Å². The van der Waals surface area contributed by atoms with Crippen molar-refractivity contribution >= 4 is 5.91 Å². The minimum absolute atomic E-state index is 0.0829. The number of hydrogen-bond donors (Lipinski definition) is 2. The molecule has 0 aliphatic carbocycles. The standard InChI is InChI=1S/C17H22N2O4/c1-17(2,8-10-20)12-18-16(22)14-7-6-13(23-14)11-19-9-4-3-5-15(19)21/h3-7,9,20H,8,10-12H2,1-2H3,(H,18,22). The fourth-order valence-electron chi connectivity index (χ4n) is 2.14. The summed E-state index contributed by atoms with van der Waals surface area (Å²) in [4.78, 5) is 23.8. The molecule has 0 radical (unpaired) electrons. The Hall–Kier alpha value is -2.34. The zero-order chi connectivity index (χ0) is 16.9. The average Bonchev–Trinajstić information content (AvgIpc) is 2.96. The molecule has 0 aromatic carbocycles. The summed E-state index contributed by atoms with van der Waals surface area (Å²) in [6.45, 7) is 4.75. The summed E-state index contributed by atoms with van der Waals surface area (Å²) in [6.07, 6.45) is 2.27. The van der Waals surface area contributed by atoms with Crippen molar-refractivity contribution in [3.63, 3.8) is 0 Å². The third-order valence-electron chi connectivity index (χ3n) is 3.63. The van der Waals surface area contributed by atoms with Gasteiger partial charge in [0, 0.05) is 25.4 Å². The molecule has 2 heterocycles. The fourth-order valence-corrected chi connectivity index (χ4v) is 2.14. The van der Waals surface area contributed by atoms with Crippen molar-refractivity contribution in [2.75, 3.05) is 13.2 Å². The molecular formula is C17H22N2O4. The second kappa shape index (κ2) is 7.28. The molecule has 0 unspecified atom stereocenters. The van der Waals surface area contributed by atoms with Crippen LogP contribution in [-0.4, -0.2) is 28.7 Å². The van der Waals surface area contributed by atoms with E-state index >= 15 is 0 Å². The molecule has 0 bridgehead atoms. The summed E-state index contributed by atoms with van der Waals surface area (Å²) in [6, 6.07) is 8.19. The normalized spacial score (nSPS) is 11.4. The van der Waals surface area contributed by atoms with Crippen LogP contribution >= 0.6 is 0 Å². The van der Waals surface area contributed by atoms with Crippen molar-refractivity contribution in [1.82, 2.24) is 9.88 Å². The van der Waals surface area contributed by atoms with Crippen LogP contribution < -0.4 is 10.9 Å². The van der Waals surface area contributed by atoms with Crippen LogP contribution in [0.3, 0.4) is 0 Å².